The van der Waals surface area contributed by atoms with E-state index in [1.807, 2.05) is 0 Å². The lowest BCUT2D eigenvalue weighted by atomic mass is 10.1. The van der Waals surface area contributed by atoms with Gasteiger partial charge in [0.15, 0.2) is 11.9 Å². The van der Waals surface area contributed by atoms with Crippen molar-refractivity contribution in [2.24, 2.45) is 0 Å². The van der Waals surface area contributed by atoms with Gasteiger partial charge in [0.1, 0.15) is 5.82 Å². The Morgan fingerprint density at radius 2 is 2.05 bits per heavy atom. The summed E-state index contributed by atoms with van der Waals surface area (Å²) in [5.74, 6) is -2.69. The average molecular weight is 304 g/mol. The molecule has 1 aromatic carbocycles. The fourth-order valence-electron chi connectivity index (χ4n) is 1.61. The van der Waals surface area contributed by atoms with E-state index in [4.69, 9.17) is 5.11 Å². The molecule has 0 bridgehead atoms. The van der Waals surface area contributed by atoms with Gasteiger partial charge in [-0.25, -0.2) is 13.9 Å². The highest BCUT2D eigenvalue weighted by atomic mass is 19.4. The van der Waals surface area contributed by atoms with Gasteiger partial charge in [-0.15, -0.1) is 5.10 Å². The zero-order valence-electron chi connectivity index (χ0n) is 10.5. The smallest absolute Gasteiger partial charge is 0.416 e. The maximum absolute atomic E-state index is 13.7. The number of carboxylic acid groups (broad SMARTS) is 1. The number of tetrazole rings is 1. The van der Waals surface area contributed by atoms with Crippen molar-refractivity contribution in [3.8, 4) is 11.4 Å². The minimum atomic E-state index is -4.67. The number of aromatic nitrogens is 4. The van der Waals surface area contributed by atoms with Crippen molar-refractivity contribution in [2.45, 2.75) is 19.1 Å². The Labute approximate surface area is 115 Å². The first-order valence-corrected chi connectivity index (χ1v) is 5.59. The van der Waals surface area contributed by atoms with E-state index >= 15 is 0 Å². The highest BCUT2D eigenvalue weighted by Crippen LogP contribution is 2.33. The summed E-state index contributed by atoms with van der Waals surface area (Å²) in [5, 5.41) is 18.9. The minimum absolute atomic E-state index is 0.395. The maximum atomic E-state index is 13.7. The number of nitrogens with zero attached hydrogens (tertiary/aromatic N) is 4. The molecule has 1 aromatic heterocycles. The molecular weight excluding hydrogens is 296 g/mol. The lowest BCUT2D eigenvalue weighted by molar-refractivity contribution is -0.140. The molecule has 0 saturated heterocycles. The Morgan fingerprint density at radius 3 is 2.62 bits per heavy atom. The van der Waals surface area contributed by atoms with Crippen LogP contribution in [0.15, 0.2) is 18.2 Å². The molecule has 0 fully saturated rings. The van der Waals surface area contributed by atoms with Crippen molar-refractivity contribution in [3.05, 3.63) is 29.6 Å². The van der Waals surface area contributed by atoms with Gasteiger partial charge in [0, 0.05) is 0 Å². The Kier molecular flexibility index (Phi) is 3.62. The Morgan fingerprint density at radius 1 is 1.38 bits per heavy atom. The molecule has 1 N–H and O–H groups in total. The van der Waals surface area contributed by atoms with Crippen LogP contribution in [-0.4, -0.2) is 31.3 Å². The Bertz CT molecular complexity index is 683. The molecule has 1 atom stereocenters. The summed E-state index contributed by atoms with van der Waals surface area (Å²) in [4.78, 5) is 10.9. The number of aliphatic carboxylic acids is 1. The van der Waals surface area contributed by atoms with Crippen molar-refractivity contribution in [1.29, 1.82) is 0 Å². The maximum Gasteiger partial charge on any atom is 0.416 e. The first-order chi connectivity index (χ1) is 9.71. The zero-order chi connectivity index (χ0) is 15.8. The first kappa shape index (κ1) is 14.9. The molecule has 0 aliphatic rings. The molecule has 112 valence electrons. The van der Waals surface area contributed by atoms with E-state index in [-0.39, 0.29) is 0 Å². The molecule has 0 spiro atoms. The highest BCUT2D eigenvalue weighted by molar-refractivity contribution is 5.72. The van der Waals surface area contributed by atoms with Gasteiger partial charge in [-0.1, -0.05) is 0 Å². The molecule has 0 radical (unpaired) electrons. The van der Waals surface area contributed by atoms with Crippen LogP contribution in [0.5, 0.6) is 0 Å². The fraction of sp³-hybridized carbons (Fsp3) is 0.273. The molecule has 0 aliphatic heterocycles. The molecular formula is C11H8F4N4O2. The monoisotopic (exact) mass is 304 g/mol. The molecule has 0 amide bonds. The number of carbonyl (C=O) groups is 1. The molecule has 1 heterocycles. The second-order valence-electron chi connectivity index (χ2n) is 4.15. The SMILES string of the molecule is CC(C(=O)O)n1nnnc1-c1cc(C(F)(F)F)ccc1F. The van der Waals surface area contributed by atoms with E-state index in [1.54, 1.807) is 0 Å². The summed E-state index contributed by atoms with van der Waals surface area (Å²) in [6.07, 6.45) is -4.67. The van der Waals surface area contributed by atoms with Gasteiger partial charge in [-0.2, -0.15) is 13.2 Å². The van der Waals surface area contributed by atoms with Crippen LogP contribution in [0, 0.1) is 5.82 Å². The number of halogens is 4. The van der Waals surface area contributed by atoms with Crippen molar-refractivity contribution in [3.63, 3.8) is 0 Å². The molecule has 2 aromatic rings. The van der Waals surface area contributed by atoms with Gasteiger partial charge in [-0.3, -0.25) is 0 Å². The van der Waals surface area contributed by atoms with E-state index < -0.39 is 41.0 Å². The topological polar surface area (TPSA) is 80.9 Å². The van der Waals surface area contributed by atoms with E-state index in [0.29, 0.717) is 18.2 Å². The number of carboxylic acids is 1. The van der Waals surface area contributed by atoms with E-state index in [2.05, 4.69) is 15.5 Å². The van der Waals surface area contributed by atoms with E-state index in [9.17, 15) is 22.4 Å². The number of hydrogen-bond acceptors (Lipinski definition) is 4. The van der Waals surface area contributed by atoms with Gasteiger partial charge >= 0.3 is 12.1 Å². The normalized spacial score (nSPS) is 13.2. The van der Waals surface area contributed by atoms with Gasteiger partial charge in [0.2, 0.25) is 0 Å². The van der Waals surface area contributed by atoms with Crippen molar-refractivity contribution >= 4 is 5.97 Å². The van der Waals surface area contributed by atoms with Crippen LogP contribution in [0.2, 0.25) is 0 Å². The van der Waals surface area contributed by atoms with E-state index in [1.165, 1.54) is 6.92 Å². The summed E-state index contributed by atoms with van der Waals surface area (Å²) in [7, 11) is 0. The quantitative estimate of drug-likeness (QED) is 0.879. The Balaban J connectivity index is 2.58. The Hall–Kier alpha value is -2.52. The molecule has 0 saturated carbocycles. The van der Waals surface area contributed by atoms with Gasteiger partial charge in [-0.05, 0) is 35.5 Å². The molecule has 2 rings (SSSR count). The summed E-state index contributed by atoms with van der Waals surface area (Å²) in [6.45, 7) is 1.22. The minimum Gasteiger partial charge on any atom is -0.480 e. The van der Waals surface area contributed by atoms with Crippen LogP contribution >= 0.6 is 0 Å². The molecule has 6 nitrogen and oxygen atoms in total. The lowest BCUT2D eigenvalue weighted by Gasteiger charge is -2.11. The first-order valence-electron chi connectivity index (χ1n) is 5.59. The van der Waals surface area contributed by atoms with Crippen LogP contribution < -0.4 is 0 Å². The number of rotatable bonds is 3. The summed E-state index contributed by atoms with van der Waals surface area (Å²) < 4.78 is 52.4. The second kappa shape index (κ2) is 5.11. The fourth-order valence-corrected chi connectivity index (χ4v) is 1.61. The average Bonchev–Trinajstić information content (AvgIpc) is 2.85. The molecule has 1 unspecified atom stereocenters. The van der Waals surface area contributed by atoms with E-state index in [0.717, 1.165) is 4.68 Å². The van der Waals surface area contributed by atoms with Crippen molar-refractivity contribution in [2.75, 3.05) is 0 Å². The molecule has 0 aliphatic carbocycles. The molecule has 21 heavy (non-hydrogen) atoms. The highest BCUT2D eigenvalue weighted by Gasteiger charge is 2.32. The summed E-state index contributed by atoms with van der Waals surface area (Å²) in [5.41, 5.74) is -1.61. The van der Waals surface area contributed by atoms with Crippen LogP contribution in [-0.2, 0) is 11.0 Å². The predicted molar refractivity (Wildman–Crippen MR) is 60.6 cm³/mol. The molecule has 10 heteroatoms. The standard InChI is InChI=1S/C11H8F4N4O2/c1-5(10(20)21)19-9(16-17-18-19)7-4-6(11(13,14)15)2-3-8(7)12/h2-5H,1H3,(H,20,21). The van der Waals surface area contributed by atoms with Gasteiger partial charge in [0.05, 0.1) is 11.1 Å². The van der Waals surface area contributed by atoms with Crippen LogP contribution in [0.25, 0.3) is 11.4 Å². The largest absolute Gasteiger partial charge is 0.480 e. The van der Waals surface area contributed by atoms with Gasteiger partial charge in [0.25, 0.3) is 0 Å². The van der Waals surface area contributed by atoms with Crippen LogP contribution in [0.3, 0.4) is 0 Å². The number of benzene rings is 1. The predicted octanol–water partition coefficient (Wildman–Crippen LogP) is 2.14. The number of hydrogen-bond donors (Lipinski definition) is 1. The third kappa shape index (κ3) is 2.83. The van der Waals surface area contributed by atoms with Crippen molar-refractivity contribution < 1.29 is 27.5 Å². The van der Waals surface area contributed by atoms with Crippen LogP contribution in [0.1, 0.15) is 18.5 Å². The second-order valence-corrected chi connectivity index (χ2v) is 4.15. The summed E-state index contributed by atoms with van der Waals surface area (Å²) >= 11 is 0. The van der Waals surface area contributed by atoms with Gasteiger partial charge < -0.3 is 5.11 Å². The number of alkyl halides is 3. The van der Waals surface area contributed by atoms with Crippen molar-refractivity contribution in [1.82, 2.24) is 20.2 Å². The summed E-state index contributed by atoms with van der Waals surface area (Å²) in [6, 6.07) is 0.478. The third-order valence-electron chi connectivity index (χ3n) is 2.75. The zero-order valence-corrected chi connectivity index (χ0v) is 10.5. The third-order valence-corrected chi connectivity index (χ3v) is 2.75. The lowest BCUT2D eigenvalue weighted by Crippen LogP contribution is -2.18. The van der Waals surface area contributed by atoms with Crippen LogP contribution in [0.4, 0.5) is 17.6 Å².